The van der Waals surface area contributed by atoms with Crippen LogP contribution in [0.1, 0.15) is 30.1 Å². The predicted octanol–water partition coefficient (Wildman–Crippen LogP) is 1.38. The van der Waals surface area contributed by atoms with Crippen molar-refractivity contribution in [2.45, 2.75) is 19.8 Å². The van der Waals surface area contributed by atoms with Gasteiger partial charge in [0.05, 0.1) is 14.2 Å². The highest BCUT2D eigenvalue weighted by atomic mass is 35.5. The minimum absolute atomic E-state index is 0. The van der Waals surface area contributed by atoms with E-state index in [-0.39, 0.29) is 30.1 Å². The number of carbonyl (C=O) groups excluding carboxylic acids is 1. The van der Waals surface area contributed by atoms with Crippen LogP contribution < -0.4 is 14.8 Å². The van der Waals surface area contributed by atoms with E-state index in [1.54, 1.807) is 0 Å². The van der Waals surface area contributed by atoms with Gasteiger partial charge in [-0.1, -0.05) is 6.92 Å². The zero-order valence-electron chi connectivity index (χ0n) is 13.9. The number of likely N-dealkylation sites (tertiary alicyclic amines) is 1. The number of methoxy groups -OCH3 is 2. The number of halogens is 1. The molecule has 0 saturated carbocycles. The number of aromatic nitrogens is 2. The molecule has 1 N–H and O–H groups in total. The summed E-state index contributed by atoms with van der Waals surface area (Å²) < 4.78 is 10.4. The van der Waals surface area contributed by atoms with Crippen LogP contribution in [0.5, 0.6) is 11.8 Å². The van der Waals surface area contributed by atoms with Crippen LogP contribution in [-0.4, -0.2) is 61.2 Å². The normalized spacial score (nSPS) is 15.0. The summed E-state index contributed by atoms with van der Waals surface area (Å²) in [6, 6.07) is 0. The molecule has 1 aromatic rings. The average molecular weight is 345 g/mol. The lowest BCUT2D eigenvalue weighted by Crippen LogP contribution is -2.41. The minimum Gasteiger partial charge on any atom is -0.480 e. The molecule has 1 aliphatic heterocycles. The third-order valence-electron chi connectivity index (χ3n) is 3.96. The smallest absolute Gasteiger partial charge is 0.264 e. The van der Waals surface area contributed by atoms with Crippen LogP contribution in [0.4, 0.5) is 0 Å². The van der Waals surface area contributed by atoms with Gasteiger partial charge in [-0.15, -0.1) is 12.4 Å². The largest absolute Gasteiger partial charge is 0.480 e. The first-order chi connectivity index (χ1) is 10.7. The molecular formula is C15H25ClN4O3. The maximum absolute atomic E-state index is 12.8. The number of nitrogens with zero attached hydrogens (tertiary/aromatic N) is 3. The molecule has 8 heteroatoms. The first-order valence-corrected chi connectivity index (χ1v) is 7.64. The zero-order valence-corrected chi connectivity index (χ0v) is 14.7. The molecule has 0 unspecified atom stereocenters. The number of hydrogen-bond donors (Lipinski definition) is 1. The van der Waals surface area contributed by atoms with Crippen LogP contribution in [0, 0.1) is 5.92 Å². The van der Waals surface area contributed by atoms with E-state index in [1.165, 1.54) is 20.5 Å². The number of piperidine rings is 1. The maximum Gasteiger partial charge on any atom is 0.264 e. The maximum atomic E-state index is 12.8. The number of ether oxygens (including phenoxy) is 2. The van der Waals surface area contributed by atoms with Gasteiger partial charge in [0.1, 0.15) is 6.33 Å². The molecule has 0 atom stereocenters. The fraction of sp³-hybridized carbons (Fsp3) is 0.667. The van der Waals surface area contributed by atoms with Crippen LogP contribution >= 0.6 is 12.4 Å². The molecule has 0 spiro atoms. The Morgan fingerprint density at radius 3 is 2.30 bits per heavy atom. The van der Waals surface area contributed by atoms with Gasteiger partial charge >= 0.3 is 0 Å². The third kappa shape index (κ3) is 4.68. The average Bonchev–Trinajstić information content (AvgIpc) is 2.58. The molecule has 1 saturated heterocycles. The van der Waals surface area contributed by atoms with Crippen molar-refractivity contribution in [3.63, 3.8) is 0 Å². The second-order valence-electron chi connectivity index (χ2n) is 5.31. The van der Waals surface area contributed by atoms with E-state index < -0.39 is 0 Å². The molecule has 7 nitrogen and oxygen atoms in total. The predicted molar refractivity (Wildman–Crippen MR) is 89.6 cm³/mol. The number of carbonyl (C=O) groups is 1. The lowest BCUT2D eigenvalue weighted by atomic mass is 9.96. The summed E-state index contributed by atoms with van der Waals surface area (Å²) in [6.45, 7) is 5.56. The Kier molecular flexibility index (Phi) is 8.05. The fourth-order valence-corrected chi connectivity index (χ4v) is 2.69. The Labute approximate surface area is 143 Å². The Hall–Kier alpha value is -1.60. The Morgan fingerprint density at radius 2 is 1.83 bits per heavy atom. The molecule has 2 heterocycles. The second kappa shape index (κ2) is 9.52. The SMILES string of the molecule is CCNCC1CCN(C(=O)c2c(OC)ncnc2OC)CC1.Cl. The topological polar surface area (TPSA) is 76.6 Å². The summed E-state index contributed by atoms with van der Waals surface area (Å²) in [4.78, 5) is 22.6. The van der Waals surface area contributed by atoms with Crippen LogP contribution in [-0.2, 0) is 0 Å². The van der Waals surface area contributed by atoms with Crippen LogP contribution in [0.3, 0.4) is 0 Å². The Bertz CT molecular complexity index is 485. The van der Waals surface area contributed by atoms with Crippen molar-refractivity contribution in [1.29, 1.82) is 0 Å². The first kappa shape index (κ1) is 19.4. The summed E-state index contributed by atoms with van der Waals surface area (Å²) in [7, 11) is 2.97. The van der Waals surface area contributed by atoms with Crippen molar-refractivity contribution in [1.82, 2.24) is 20.2 Å². The molecule has 2 rings (SSSR count). The number of nitrogens with one attached hydrogen (secondary N) is 1. The molecule has 0 bridgehead atoms. The monoisotopic (exact) mass is 344 g/mol. The quantitative estimate of drug-likeness (QED) is 0.840. The summed E-state index contributed by atoms with van der Waals surface area (Å²) in [5.74, 6) is 1.01. The lowest BCUT2D eigenvalue weighted by Gasteiger charge is -2.32. The van der Waals surface area contributed by atoms with Gasteiger partial charge in [-0.25, -0.2) is 9.97 Å². The van der Waals surface area contributed by atoms with Gasteiger partial charge < -0.3 is 19.7 Å². The van der Waals surface area contributed by atoms with Crippen molar-refractivity contribution >= 4 is 18.3 Å². The molecule has 0 radical (unpaired) electrons. The standard InChI is InChI=1S/C15H24N4O3.ClH/c1-4-16-9-11-5-7-19(8-6-11)15(20)12-13(21-2)17-10-18-14(12)22-3;/h10-11,16H,4-9H2,1-3H3;1H. The lowest BCUT2D eigenvalue weighted by molar-refractivity contribution is 0.0681. The third-order valence-corrected chi connectivity index (χ3v) is 3.96. The van der Waals surface area contributed by atoms with Gasteiger partial charge in [0.2, 0.25) is 11.8 Å². The van der Waals surface area contributed by atoms with Crippen molar-refractivity contribution in [2.75, 3.05) is 40.4 Å². The van der Waals surface area contributed by atoms with Crippen LogP contribution in [0.15, 0.2) is 6.33 Å². The highest BCUT2D eigenvalue weighted by Crippen LogP contribution is 2.27. The van der Waals surface area contributed by atoms with Crippen molar-refractivity contribution in [2.24, 2.45) is 5.92 Å². The molecule has 130 valence electrons. The van der Waals surface area contributed by atoms with E-state index >= 15 is 0 Å². The van der Waals surface area contributed by atoms with Gasteiger partial charge in [0.25, 0.3) is 5.91 Å². The Morgan fingerprint density at radius 1 is 1.26 bits per heavy atom. The first-order valence-electron chi connectivity index (χ1n) is 7.64. The minimum atomic E-state index is -0.129. The zero-order chi connectivity index (χ0) is 15.9. The second-order valence-corrected chi connectivity index (χ2v) is 5.31. The number of rotatable bonds is 6. The van der Waals surface area contributed by atoms with E-state index in [2.05, 4.69) is 22.2 Å². The van der Waals surface area contributed by atoms with Crippen molar-refractivity contribution < 1.29 is 14.3 Å². The van der Waals surface area contributed by atoms with Gasteiger partial charge in [0, 0.05) is 13.1 Å². The van der Waals surface area contributed by atoms with Gasteiger partial charge in [-0.2, -0.15) is 0 Å². The molecule has 1 aliphatic rings. The number of hydrogen-bond acceptors (Lipinski definition) is 6. The van der Waals surface area contributed by atoms with E-state index in [0.29, 0.717) is 11.5 Å². The van der Waals surface area contributed by atoms with E-state index in [1.807, 2.05) is 4.90 Å². The van der Waals surface area contributed by atoms with E-state index in [9.17, 15) is 4.79 Å². The van der Waals surface area contributed by atoms with E-state index in [4.69, 9.17) is 9.47 Å². The highest BCUT2D eigenvalue weighted by Gasteiger charge is 2.29. The summed E-state index contributed by atoms with van der Waals surface area (Å²) in [6.07, 6.45) is 3.32. The molecular weight excluding hydrogens is 320 g/mol. The molecule has 0 aliphatic carbocycles. The molecule has 23 heavy (non-hydrogen) atoms. The van der Waals surface area contributed by atoms with Gasteiger partial charge in [0.15, 0.2) is 5.56 Å². The molecule has 0 aromatic carbocycles. The molecule has 1 amide bonds. The van der Waals surface area contributed by atoms with Crippen molar-refractivity contribution in [3.8, 4) is 11.8 Å². The molecule has 1 fully saturated rings. The summed E-state index contributed by atoms with van der Waals surface area (Å²) in [5, 5.41) is 3.37. The fourth-order valence-electron chi connectivity index (χ4n) is 2.69. The van der Waals surface area contributed by atoms with Gasteiger partial charge in [-0.3, -0.25) is 4.79 Å². The number of amides is 1. The Balaban J connectivity index is 0.00000264. The van der Waals surface area contributed by atoms with Gasteiger partial charge in [-0.05, 0) is 31.8 Å². The summed E-state index contributed by atoms with van der Waals surface area (Å²) >= 11 is 0. The molecule has 1 aromatic heterocycles. The van der Waals surface area contributed by atoms with Crippen molar-refractivity contribution in [3.05, 3.63) is 11.9 Å². The van der Waals surface area contributed by atoms with Crippen LogP contribution in [0.25, 0.3) is 0 Å². The van der Waals surface area contributed by atoms with E-state index in [0.717, 1.165) is 39.0 Å². The highest BCUT2D eigenvalue weighted by molar-refractivity contribution is 5.98. The summed E-state index contributed by atoms with van der Waals surface area (Å²) in [5.41, 5.74) is 0.303. The van der Waals surface area contributed by atoms with Crippen LogP contribution in [0.2, 0.25) is 0 Å².